The number of aliphatic hydroxyl groups is 1. The molecule has 5 heteroatoms. The average molecular weight is 379 g/mol. The Morgan fingerprint density at radius 2 is 1.79 bits per heavy atom. The van der Waals surface area contributed by atoms with E-state index in [1.807, 2.05) is 63.2 Å². The Morgan fingerprint density at radius 3 is 2.46 bits per heavy atom. The van der Waals surface area contributed by atoms with E-state index in [2.05, 4.69) is 0 Å². The highest BCUT2D eigenvalue weighted by molar-refractivity contribution is 6.46. The van der Waals surface area contributed by atoms with Crippen LogP contribution in [0.2, 0.25) is 0 Å². The number of ketones is 1. The molecule has 0 radical (unpaired) electrons. The summed E-state index contributed by atoms with van der Waals surface area (Å²) in [5.41, 5.74) is 4.31. The van der Waals surface area contributed by atoms with Crippen LogP contribution in [0, 0.1) is 20.8 Å². The summed E-state index contributed by atoms with van der Waals surface area (Å²) in [6, 6.07) is 12.7. The number of ether oxygens (including phenoxy) is 1. The first-order valence-corrected chi connectivity index (χ1v) is 9.26. The number of nitrogens with zero attached hydrogens (tertiary/aromatic N) is 1. The van der Waals surface area contributed by atoms with Crippen LogP contribution in [0.3, 0.4) is 0 Å². The Bertz CT molecular complexity index is 961. The molecule has 1 unspecified atom stereocenters. The Kier molecular flexibility index (Phi) is 5.66. The van der Waals surface area contributed by atoms with Gasteiger partial charge in [-0.25, -0.2) is 0 Å². The third kappa shape index (κ3) is 3.58. The van der Waals surface area contributed by atoms with Crippen LogP contribution >= 0.6 is 0 Å². The fourth-order valence-electron chi connectivity index (χ4n) is 3.62. The van der Waals surface area contributed by atoms with Crippen LogP contribution in [0.5, 0.6) is 0 Å². The van der Waals surface area contributed by atoms with Gasteiger partial charge >= 0.3 is 0 Å². The fourth-order valence-corrected chi connectivity index (χ4v) is 3.62. The van der Waals surface area contributed by atoms with E-state index in [-0.39, 0.29) is 17.9 Å². The zero-order valence-corrected chi connectivity index (χ0v) is 16.7. The highest BCUT2D eigenvalue weighted by Crippen LogP contribution is 2.40. The van der Waals surface area contributed by atoms with E-state index in [0.717, 1.165) is 22.3 Å². The average Bonchev–Trinajstić information content (AvgIpc) is 2.92. The monoisotopic (exact) mass is 379 g/mol. The van der Waals surface area contributed by atoms with Gasteiger partial charge in [0.25, 0.3) is 11.7 Å². The van der Waals surface area contributed by atoms with Gasteiger partial charge in [-0.05, 0) is 38.0 Å². The second kappa shape index (κ2) is 7.98. The van der Waals surface area contributed by atoms with Gasteiger partial charge in [-0.2, -0.15) is 0 Å². The largest absolute Gasteiger partial charge is 0.507 e. The Morgan fingerprint density at radius 1 is 1.07 bits per heavy atom. The topological polar surface area (TPSA) is 66.8 Å². The van der Waals surface area contributed by atoms with Crippen LogP contribution in [0.15, 0.2) is 48.0 Å². The number of aliphatic hydroxyl groups excluding tert-OH is 1. The van der Waals surface area contributed by atoms with Crippen LogP contribution in [-0.2, 0) is 14.3 Å². The molecule has 2 aromatic rings. The van der Waals surface area contributed by atoms with Gasteiger partial charge in [-0.15, -0.1) is 0 Å². The number of carbonyl (C=O) groups excluding carboxylic acids is 2. The number of hydrogen-bond donors (Lipinski definition) is 1. The molecule has 2 aromatic carbocycles. The zero-order valence-electron chi connectivity index (χ0n) is 16.7. The number of likely N-dealkylation sites (tertiary alicyclic amines) is 1. The van der Waals surface area contributed by atoms with E-state index in [1.165, 1.54) is 4.90 Å². The SMILES string of the molecule is COCCN1C(=O)C(=O)/C(=C(/O)c2cc(C)ccc2C)C1c1cccc(C)c1. The van der Waals surface area contributed by atoms with Crippen molar-refractivity contribution in [1.82, 2.24) is 4.90 Å². The third-order valence-electron chi connectivity index (χ3n) is 5.08. The number of methoxy groups -OCH3 is 1. The summed E-state index contributed by atoms with van der Waals surface area (Å²) in [4.78, 5) is 27.1. The summed E-state index contributed by atoms with van der Waals surface area (Å²) in [6.07, 6.45) is 0. The molecular weight excluding hydrogens is 354 g/mol. The molecule has 0 bridgehead atoms. The molecule has 0 spiro atoms. The highest BCUT2D eigenvalue weighted by atomic mass is 16.5. The third-order valence-corrected chi connectivity index (χ3v) is 5.08. The lowest BCUT2D eigenvalue weighted by atomic mass is 9.92. The first kappa shape index (κ1) is 19.8. The maximum absolute atomic E-state index is 12.9. The summed E-state index contributed by atoms with van der Waals surface area (Å²) in [5, 5.41) is 11.1. The fraction of sp³-hybridized carbons (Fsp3) is 0.304. The lowest BCUT2D eigenvalue weighted by Crippen LogP contribution is -2.32. The molecule has 3 rings (SSSR count). The number of hydrogen-bond acceptors (Lipinski definition) is 4. The van der Waals surface area contributed by atoms with E-state index < -0.39 is 17.7 Å². The highest BCUT2D eigenvalue weighted by Gasteiger charge is 2.46. The van der Waals surface area contributed by atoms with Gasteiger partial charge in [-0.1, -0.05) is 47.5 Å². The zero-order chi connectivity index (χ0) is 20.4. The molecule has 5 nitrogen and oxygen atoms in total. The Hall–Kier alpha value is -2.92. The van der Waals surface area contributed by atoms with Gasteiger partial charge in [0.1, 0.15) is 5.76 Å². The standard InChI is InChI=1S/C23H25NO4/c1-14-6-5-7-17(12-14)20-19(22(26)23(27)24(20)10-11-28-4)21(25)18-13-15(2)8-9-16(18)3/h5-9,12-13,20,25H,10-11H2,1-4H3/b21-19+. The van der Waals surface area contributed by atoms with E-state index in [9.17, 15) is 14.7 Å². The maximum Gasteiger partial charge on any atom is 0.295 e. The second-order valence-corrected chi connectivity index (χ2v) is 7.22. The maximum atomic E-state index is 12.9. The van der Waals surface area contributed by atoms with Gasteiger partial charge in [0.2, 0.25) is 0 Å². The molecule has 28 heavy (non-hydrogen) atoms. The second-order valence-electron chi connectivity index (χ2n) is 7.22. The molecule has 146 valence electrons. The van der Waals surface area contributed by atoms with Crippen LogP contribution in [0.25, 0.3) is 5.76 Å². The Balaban J connectivity index is 2.22. The quantitative estimate of drug-likeness (QED) is 0.489. The number of rotatable bonds is 5. The molecular formula is C23H25NO4. The first-order valence-electron chi connectivity index (χ1n) is 9.26. The molecule has 1 aliphatic heterocycles. The van der Waals surface area contributed by atoms with Crippen LogP contribution in [0.1, 0.15) is 33.9 Å². The molecule has 1 heterocycles. The van der Waals surface area contributed by atoms with E-state index in [4.69, 9.17) is 4.74 Å². The Labute approximate surface area is 165 Å². The number of Topliss-reactive ketones (excluding diaryl/α,β-unsaturated/α-hetero) is 1. The van der Waals surface area contributed by atoms with Crippen molar-refractivity contribution >= 4 is 17.4 Å². The van der Waals surface area contributed by atoms with Crippen molar-refractivity contribution in [2.24, 2.45) is 0 Å². The number of carbonyl (C=O) groups is 2. The molecule has 0 aromatic heterocycles. The minimum absolute atomic E-state index is 0.125. The van der Waals surface area contributed by atoms with Crippen LogP contribution < -0.4 is 0 Å². The summed E-state index contributed by atoms with van der Waals surface area (Å²) >= 11 is 0. The minimum atomic E-state index is -0.666. The molecule has 1 saturated heterocycles. The number of benzene rings is 2. The van der Waals surface area contributed by atoms with Crippen LogP contribution in [0.4, 0.5) is 0 Å². The molecule has 0 saturated carbocycles. The molecule has 1 N–H and O–H groups in total. The molecule has 1 fully saturated rings. The predicted octanol–water partition coefficient (Wildman–Crippen LogP) is 3.68. The van der Waals surface area contributed by atoms with Crippen molar-refractivity contribution in [1.29, 1.82) is 0 Å². The van der Waals surface area contributed by atoms with Crippen molar-refractivity contribution < 1.29 is 19.4 Å². The molecule has 1 aliphatic rings. The summed E-state index contributed by atoms with van der Waals surface area (Å²) < 4.78 is 5.13. The summed E-state index contributed by atoms with van der Waals surface area (Å²) in [7, 11) is 1.55. The molecule has 0 aliphatic carbocycles. The van der Waals surface area contributed by atoms with Crippen molar-refractivity contribution in [3.63, 3.8) is 0 Å². The van der Waals surface area contributed by atoms with E-state index >= 15 is 0 Å². The lowest BCUT2D eigenvalue weighted by molar-refractivity contribution is -0.140. The summed E-state index contributed by atoms with van der Waals surface area (Å²) in [5.74, 6) is -1.41. The van der Waals surface area contributed by atoms with Crippen LogP contribution in [-0.4, -0.2) is 42.0 Å². The number of aryl methyl sites for hydroxylation is 3. The van der Waals surface area contributed by atoms with Gasteiger partial charge in [0, 0.05) is 19.2 Å². The van der Waals surface area contributed by atoms with Gasteiger partial charge in [-0.3, -0.25) is 9.59 Å². The van der Waals surface area contributed by atoms with E-state index in [0.29, 0.717) is 12.2 Å². The van der Waals surface area contributed by atoms with Crippen molar-refractivity contribution in [2.45, 2.75) is 26.8 Å². The van der Waals surface area contributed by atoms with Crippen molar-refractivity contribution in [3.05, 3.63) is 75.9 Å². The van der Waals surface area contributed by atoms with Crippen molar-refractivity contribution in [3.8, 4) is 0 Å². The molecule has 1 amide bonds. The first-order chi connectivity index (χ1) is 13.3. The molecule has 1 atom stereocenters. The van der Waals surface area contributed by atoms with Gasteiger partial charge in [0.15, 0.2) is 0 Å². The predicted molar refractivity (Wildman–Crippen MR) is 108 cm³/mol. The smallest absolute Gasteiger partial charge is 0.295 e. The van der Waals surface area contributed by atoms with Crippen molar-refractivity contribution in [2.75, 3.05) is 20.3 Å². The lowest BCUT2D eigenvalue weighted by Gasteiger charge is -2.25. The summed E-state index contributed by atoms with van der Waals surface area (Å²) in [6.45, 7) is 6.32. The van der Waals surface area contributed by atoms with Gasteiger partial charge < -0.3 is 14.7 Å². The normalized spacial score (nSPS) is 18.7. The van der Waals surface area contributed by atoms with E-state index in [1.54, 1.807) is 7.11 Å². The number of amides is 1. The minimum Gasteiger partial charge on any atom is -0.507 e. The van der Waals surface area contributed by atoms with Gasteiger partial charge in [0.05, 0.1) is 18.2 Å².